The Morgan fingerprint density at radius 1 is 1.37 bits per heavy atom. The number of carbonyl (C=O) groups is 1. The van der Waals surface area contributed by atoms with E-state index in [9.17, 15) is 9.90 Å². The molecular formula is C14H20N2O3. The van der Waals surface area contributed by atoms with Crippen LogP contribution >= 0.6 is 0 Å². The van der Waals surface area contributed by atoms with E-state index < -0.39 is 0 Å². The Balaban J connectivity index is 2.06. The fraction of sp³-hybridized carbons (Fsp3) is 0.571. The molecule has 1 heterocycles. The minimum absolute atomic E-state index is 0.0311. The molecule has 1 aromatic heterocycles. The van der Waals surface area contributed by atoms with E-state index in [1.807, 2.05) is 0 Å². The zero-order valence-corrected chi connectivity index (χ0v) is 11.2. The molecule has 19 heavy (non-hydrogen) atoms. The van der Waals surface area contributed by atoms with Gasteiger partial charge >= 0.3 is 0 Å². The zero-order valence-electron chi connectivity index (χ0n) is 11.2. The molecule has 1 aliphatic carbocycles. The molecule has 5 heteroatoms. The Hall–Kier alpha value is -1.78. The maximum absolute atomic E-state index is 12.1. The number of aromatic hydroxyl groups is 1. The van der Waals surface area contributed by atoms with Gasteiger partial charge in [0.2, 0.25) is 0 Å². The summed E-state index contributed by atoms with van der Waals surface area (Å²) in [6.07, 6.45) is 8.20. The first-order chi connectivity index (χ1) is 9.22. The first-order valence-corrected chi connectivity index (χ1v) is 6.75. The van der Waals surface area contributed by atoms with Crippen LogP contribution in [0.15, 0.2) is 12.3 Å². The summed E-state index contributed by atoms with van der Waals surface area (Å²) in [5, 5.41) is 12.8. The molecule has 1 fully saturated rings. The quantitative estimate of drug-likeness (QED) is 0.821. The number of methoxy groups -OCH3 is 1. The molecule has 0 spiro atoms. The number of hydrogen-bond donors (Lipinski definition) is 2. The highest BCUT2D eigenvalue weighted by Crippen LogP contribution is 2.27. The third-order valence-electron chi connectivity index (χ3n) is 3.51. The number of nitrogens with one attached hydrogen (secondary N) is 1. The maximum atomic E-state index is 12.1. The van der Waals surface area contributed by atoms with Gasteiger partial charge in [-0.15, -0.1) is 0 Å². The van der Waals surface area contributed by atoms with E-state index in [1.54, 1.807) is 0 Å². The van der Waals surface area contributed by atoms with Gasteiger partial charge in [-0.1, -0.05) is 25.7 Å². The highest BCUT2D eigenvalue weighted by atomic mass is 16.5. The molecule has 0 radical (unpaired) electrons. The first-order valence-electron chi connectivity index (χ1n) is 6.75. The first kappa shape index (κ1) is 13.6. The van der Waals surface area contributed by atoms with Crippen LogP contribution in [0.3, 0.4) is 0 Å². The lowest BCUT2D eigenvalue weighted by Gasteiger charge is -2.16. The van der Waals surface area contributed by atoms with Crippen molar-refractivity contribution in [1.82, 2.24) is 10.3 Å². The third kappa shape index (κ3) is 3.36. The van der Waals surface area contributed by atoms with Crippen molar-refractivity contribution in [2.75, 3.05) is 7.11 Å². The molecule has 104 valence electrons. The van der Waals surface area contributed by atoms with Crippen molar-refractivity contribution in [2.24, 2.45) is 0 Å². The Morgan fingerprint density at radius 3 is 2.68 bits per heavy atom. The summed E-state index contributed by atoms with van der Waals surface area (Å²) in [4.78, 5) is 16.1. The smallest absolute Gasteiger partial charge is 0.274 e. The normalized spacial score (nSPS) is 16.7. The van der Waals surface area contributed by atoms with Crippen LogP contribution in [0, 0.1) is 0 Å². The molecule has 0 atom stereocenters. The van der Waals surface area contributed by atoms with Crippen LogP contribution in [0.1, 0.15) is 49.0 Å². The fourth-order valence-electron chi connectivity index (χ4n) is 2.44. The number of aromatic nitrogens is 1. The summed E-state index contributed by atoms with van der Waals surface area (Å²) in [7, 11) is 1.45. The minimum atomic E-state index is -0.330. The van der Waals surface area contributed by atoms with Gasteiger partial charge < -0.3 is 15.2 Å². The SMILES string of the molecule is COc1ccnc(C(=O)NC2CCCCCC2)c1O. The number of rotatable bonds is 3. The molecule has 5 nitrogen and oxygen atoms in total. The van der Waals surface area contributed by atoms with Gasteiger partial charge in [-0.2, -0.15) is 0 Å². The monoisotopic (exact) mass is 264 g/mol. The fourth-order valence-corrected chi connectivity index (χ4v) is 2.44. The summed E-state index contributed by atoms with van der Waals surface area (Å²) in [6.45, 7) is 0. The van der Waals surface area contributed by atoms with Gasteiger partial charge in [-0.25, -0.2) is 4.98 Å². The van der Waals surface area contributed by atoms with Crippen molar-refractivity contribution in [1.29, 1.82) is 0 Å². The van der Waals surface area contributed by atoms with Gasteiger partial charge in [-0.3, -0.25) is 4.79 Å². The molecule has 1 saturated carbocycles. The number of hydrogen-bond acceptors (Lipinski definition) is 4. The van der Waals surface area contributed by atoms with Crippen molar-refractivity contribution in [3.63, 3.8) is 0 Å². The molecule has 2 N–H and O–H groups in total. The van der Waals surface area contributed by atoms with Crippen LogP contribution in [0.25, 0.3) is 0 Å². The average molecular weight is 264 g/mol. The van der Waals surface area contributed by atoms with E-state index in [2.05, 4.69) is 10.3 Å². The van der Waals surface area contributed by atoms with E-state index in [1.165, 1.54) is 32.2 Å². The van der Waals surface area contributed by atoms with Gasteiger partial charge in [0.1, 0.15) is 0 Å². The number of carbonyl (C=O) groups excluding carboxylic acids is 1. The lowest BCUT2D eigenvalue weighted by atomic mass is 10.1. The van der Waals surface area contributed by atoms with Crippen LogP contribution in [0.5, 0.6) is 11.5 Å². The summed E-state index contributed by atoms with van der Waals surface area (Å²) >= 11 is 0. The van der Waals surface area contributed by atoms with Gasteiger partial charge in [-0.05, 0) is 12.8 Å². The molecule has 0 saturated heterocycles. The molecule has 0 unspecified atom stereocenters. The molecule has 1 aromatic rings. The number of ether oxygens (including phenoxy) is 1. The van der Waals surface area contributed by atoms with Crippen LogP contribution in [0.4, 0.5) is 0 Å². The van der Waals surface area contributed by atoms with Gasteiger partial charge in [0.15, 0.2) is 17.2 Å². The number of pyridine rings is 1. The van der Waals surface area contributed by atoms with E-state index in [0.29, 0.717) is 0 Å². The Bertz CT molecular complexity index is 440. The summed E-state index contributed by atoms with van der Waals surface area (Å²) in [6, 6.07) is 1.71. The van der Waals surface area contributed by atoms with Crippen LogP contribution in [-0.4, -0.2) is 29.1 Å². The van der Waals surface area contributed by atoms with E-state index in [4.69, 9.17) is 4.74 Å². The Morgan fingerprint density at radius 2 is 2.05 bits per heavy atom. The van der Waals surface area contributed by atoms with Crippen LogP contribution in [0.2, 0.25) is 0 Å². The van der Waals surface area contributed by atoms with Crippen molar-refractivity contribution < 1.29 is 14.6 Å². The van der Waals surface area contributed by atoms with Crippen molar-refractivity contribution in [3.8, 4) is 11.5 Å². The summed E-state index contributed by atoms with van der Waals surface area (Å²) in [5.74, 6) is -0.263. The van der Waals surface area contributed by atoms with Gasteiger partial charge in [0, 0.05) is 18.3 Å². The van der Waals surface area contributed by atoms with E-state index >= 15 is 0 Å². The van der Waals surface area contributed by atoms with Crippen molar-refractivity contribution >= 4 is 5.91 Å². The number of nitrogens with zero attached hydrogens (tertiary/aromatic N) is 1. The largest absolute Gasteiger partial charge is 0.503 e. The third-order valence-corrected chi connectivity index (χ3v) is 3.51. The zero-order chi connectivity index (χ0) is 13.7. The second-order valence-corrected chi connectivity index (χ2v) is 4.87. The number of amides is 1. The molecule has 0 aliphatic heterocycles. The second kappa shape index (κ2) is 6.41. The van der Waals surface area contributed by atoms with E-state index in [-0.39, 0.29) is 29.1 Å². The molecule has 0 bridgehead atoms. The molecular weight excluding hydrogens is 244 g/mol. The highest BCUT2D eigenvalue weighted by Gasteiger charge is 2.20. The predicted molar refractivity (Wildman–Crippen MR) is 71.4 cm³/mol. The maximum Gasteiger partial charge on any atom is 0.274 e. The average Bonchev–Trinajstić information content (AvgIpc) is 2.67. The molecule has 1 aliphatic rings. The molecule has 1 amide bonds. The van der Waals surface area contributed by atoms with Crippen molar-refractivity contribution in [3.05, 3.63) is 18.0 Å². The van der Waals surface area contributed by atoms with Gasteiger partial charge in [0.05, 0.1) is 7.11 Å². The summed E-state index contributed by atoms with van der Waals surface area (Å²) in [5.41, 5.74) is 0.0311. The van der Waals surface area contributed by atoms with Crippen molar-refractivity contribution in [2.45, 2.75) is 44.6 Å². The Labute approximate surface area is 113 Å². The summed E-state index contributed by atoms with van der Waals surface area (Å²) < 4.78 is 4.98. The minimum Gasteiger partial charge on any atom is -0.503 e. The van der Waals surface area contributed by atoms with E-state index in [0.717, 1.165) is 25.7 Å². The molecule has 0 aromatic carbocycles. The topological polar surface area (TPSA) is 71.5 Å². The molecule has 2 rings (SSSR count). The second-order valence-electron chi connectivity index (χ2n) is 4.87. The lowest BCUT2D eigenvalue weighted by molar-refractivity contribution is 0.0924. The van der Waals surface area contributed by atoms with Crippen LogP contribution < -0.4 is 10.1 Å². The standard InChI is InChI=1S/C14H20N2O3/c1-19-11-8-9-15-12(13(11)17)14(18)16-10-6-4-2-3-5-7-10/h8-10,17H,2-7H2,1H3,(H,16,18). The van der Waals surface area contributed by atoms with Crippen LogP contribution in [-0.2, 0) is 0 Å². The Kier molecular flexibility index (Phi) is 4.60. The highest BCUT2D eigenvalue weighted by molar-refractivity contribution is 5.95. The lowest BCUT2D eigenvalue weighted by Crippen LogP contribution is -2.34. The van der Waals surface area contributed by atoms with Gasteiger partial charge in [0.25, 0.3) is 5.91 Å². The predicted octanol–water partition coefficient (Wildman–Crippen LogP) is 2.25.